The zero-order valence-corrected chi connectivity index (χ0v) is 18.2. The SMILES string of the molecule is CCC(C)NC(=O)c1ccc(NC(=O)CNc2ccc(C(=O)NCCOC)cc2)cc1. The molecule has 8 heteroatoms. The van der Waals surface area contributed by atoms with Gasteiger partial charge < -0.3 is 26.0 Å². The van der Waals surface area contributed by atoms with E-state index in [1.807, 2.05) is 13.8 Å². The highest BCUT2D eigenvalue weighted by molar-refractivity contribution is 5.97. The predicted molar refractivity (Wildman–Crippen MR) is 121 cm³/mol. The number of methoxy groups -OCH3 is 1. The third-order valence-corrected chi connectivity index (χ3v) is 4.61. The van der Waals surface area contributed by atoms with Crippen molar-refractivity contribution in [2.75, 3.05) is 37.4 Å². The van der Waals surface area contributed by atoms with Crippen LogP contribution in [0.4, 0.5) is 11.4 Å². The molecule has 3 amide bonds. The number of carbonyl (C=O) groups is 3. The van der Waals surface area contributed by atoms with Gasteiger partial charge in [0.25, 0.3) is 11.8 Å². The molecule has 0 saturated heterocycles. The largest absolute Gasteiger partial charge is 0.383 e. The van der Waals surface area contributed by atoms with Gasteiger partial charge in [-0.25, -0.2) is 0 Å². The summed E-state index contributed by atoms with van der Waals surface area (Å²) in [4.78, 5) is 36.2. The fourth-order valence-corrected chi connectivity index (χ4v) is 2.61. The van der Waals surface area contributed by atoms with E-state index in [2.05, 4.69) is 21.3 Å². The summed E-state index contributed by atoms with van der Waals surface area (Å²) in [5, 5.41) is 11.4. The van der Waals surface area contributed by atoms with Crippen molar-refractivity contribution < 1.29 is 19.1 Å². The molecule has 1 unspecified atom stereocenters. The molecule has 31 heavy (non-hydrogen) atoms. The van der Waals surface area contributed by atoms with Crippen molar-refractivity contribution in [3.8, 4) is 0 Å². The number of benzene rings is 2. The quantitative estimate of drug-likeness (QED) is 0.413. The number of carbonyl (C=O) groups excluding carboxylic acids is 3. The standard InChI is InChI=1S/C23H30N4O4/c1-4-16(2)26-23(30)18-7-11-20(12-8-18)27-21(28)15-25-19-9-5-17(6-10-19)22(29)24-13-14-31-3/h5-12,16,25H,4,13-15H2,1-3H3,(H,24,29)(H,26,30)(H,27,28). The van der Waals surface area contributed by atoms with Crippen molar-refractivity contribution in [1.82, 2.24) is 10.6 Å². The van der Waals surface area contributed by atoms with E-state index in [4.69, 9.17) is 4.74 Å². The van der Waals surface area contributed by atoms with Crippen molar-refractivity contribution in [3.63, 3.8) is 0 Å². The van der Waals surface area contributed by atoms with Crippen LogP contribution in [0.5, 0.6) is 0 Å². The Morgan fingerprint density at radius 2 is 1.48 bits per heavy atom. The van der Waals surface area contributed by atoms with Crippen molar-refractivity contribution in [1.29, 1.82) is 0 Å². The Balaban J connectivity index is 1.80. The second-order valence-corrected chi connectivity index (χ2v) is 7.09. The zero-order valence-electron chi connectivity index (χ0n) is 18.2. The van der Waals surface area contributed by atoms with Crippen molar-refractivity contribution in [3.05, 3.63) is 59.7 Å². The molecule has 0 aromatic heterocycles. The Kier molecular flexibility index (Phi) is 9.51. The lowest BCUT2D eigenvalue weighted by Gasteiger charge is -2.12. The smallest absolute Gasteiger partial charge is 0.251 e. The Morgan fingerprint density at radius 1 is 0.903 bits per heavy atom. The molecular formula is C23H30N4O4. The Labute approximate surface area is 182 Å². The van der Waals surface area contributed by atoms with Crippen molar-refractivity contribution >= 4 is 29.1 Å². The van der Waals surface area contributed by atoms with Gasteiger partial charge in [0.1, 0.15) is 0 Å². The molecule has 4 N–H and O–H groups in total. The van der Waals surface area contributed by atoms with E-state index < -0.39 is 0 Å². The number of hydrogen-bond acceptors (Lipinski definition) is 5. The van der Waals surface area contributed by atoms with Crippen LogP contribution in [0.1, 0.15) is 41.0 Å². The first kappa shape index (κ1) is 23.9. The van der Waals surface area contributed by atoms with Crippen LogP contribution in [-0.4, -0.2) is 50.6 Å². The molecule has 166 valence electrons. The first-order valence-corrected chi connectivity index (χ1v) is 10.2. The fourth-order valence-electron chi connectivity index (χ4n) is 2.61. The first-order valence-electron chi connectivity index (χ1n) is 10.2. The summed E-state index contributed by atoms with van der Waals surface area (Å²) < 4.78 is 4.90. The first-order chi connectivity index (χ1) is 14.9. The lowest BCUT2D eigenvalue weighted by atomic mass is 10.1. The maximum atomic E-state index is 12.2. The topological polar surface area (TPSA) is 109 Å². The predicted octanol–water partition coefficient (Wildman–Crippen LogP) is 2.64. The molecule has 0 fully saturated rings. The second kappa shape index (κ2) is 12.3. The minimum Gasteiger partial charge on any atom is -0.383 e. The molecule has 8 nitrogen and oxygen atoms in total. The third-order valence-electron chi connectivity index (χ3n) is 4.61. The highest BCUT2D eigenvalue weighted by Crippen LogP contribution is 2.12. The maximum Gasteiger partial charge on any atom is 0.251 e. The van der Waals surface area contributed by atoms with E-state index in [1.54, 1.807) is 55.6 Å². The van der Waals surface area contributed by atoms with Crippen LogP contribution in [0.2, 0.25) is 0 Å². The normalized spacial score (nSPS) is 11.3. The molecule has 0 radical (unpaired) electrons. The fraction of sp³-hybridized carbons (Fsp3) is 0.348. The molecule has 0 bridgehead atoms. The Bertz CT molecular complexity index is 866. The van der Waals surface area contributed by atoms with Crippen LogP contribution >= 0.6 is 0 Å². The minimum atomic E-state index is -0.224. The molecule has 2 rings (SSSR count). The molecule has 0 heterocycles. The van der Waals surface area contributed by atoms with Gasteiger partial charge in [-0.1, -0.05) is 6.92 Å². The number of amides is 3. The number of anilines is 2. The van der Waals surface area contributed by atoms with Gasteiger partial charge in [-0.05, 0) is 61.9 Å². The Hall–Kier alpha value is -3.39. The average molecular weight is 427 g/mol. The number of hydrogen-bond donors (Lipinski definition) is 4. The van der Waals surface area contributed by atoms with Gasteiger partial charge in [-0.2, -0.15) is 0 Å². The van der Waals surface area contributed by atoms with Gasteiger partial charge in [0.2, 0.25) is 5.91 Å². The molecule has 0 spiro atoms. The van der Waals surface area contributed by atoms with Crippen LogP contribution in [0.3, 0.4) is 0 Å². The molecule has 0 aliphatic rings. The summed E-state index contributed by atoms with van der Waals surface area (Å²) in [6.07, 6.45) is 0.858. The average Bonchev–Trinajstić information content (AvgIpc) is 2.78. The third kappa shape index (κ3) is 8.10. The van der Waals surface area contributed by atoms with E-state index in [-0.39, 0.29) is 30.3 Å². The highest BCUT2D eigenvalue weighted by atomic mass is 16.5. The summed E-state index contributed by atoms with van der Waals surface area (Å²) >= 11 is 0. The molecule has 1 atom stereocenters. The summed E-state index contributed by atoms with van der Waals surface area (Å²) in [6, 6.07) is 13.7. The highest BCUT2D eigenvalue weighted by Gasteiger charge is 2.09. The van der Waals surface area contributed by atoms with Gasteiger partial charge in [0.05, 0.1) is 13.2 Å². The molecule has 2 aromatic rings. The second-order valence-electron chi connectivity index (χ2n) is 7.09. The summed E-state index contributed by atoms with van der Waals surface area (Å²) in [5.74, 6) is -0.537. The van der Waals surface area contributed by atoms with Crippen molar-refractivity contribution in [2.24, 2.45) is 0 Å². The van der Waals surface area contributed by atoms with E-state index >= 15 is 0 Å². The monoisotopic (exact) mass is 426 g/mol. The lowest BCUT2D eigenvalue weighted by molar-refractivity contribution is -0.114. The molecule has 2 aromatic carbocycles. The Morgan fingerprint density at radius 3 is 2.06 bits per heavy atom. The van der Waals surface area contributed by atoms with E-state index in [9.17, 15) is 14.4 Å². The van der Waals surface area contributed by atoms with Gasteiger partial charge in [-0.3, -0.25) is 14.4 Å². The number of ether oxygens (including phenoxy) is 1. The molecular weight excluding hydrogens is 396 g/mol. The van der Waals surface area contributed by atoms with E-state index in [0.29, 0.717) is 30.0 Å². The zero-order chi connectivity index (χ0) is 22.6. The summed E-state index contributed by atoms with van der Waals surface area (Å²) in [5.41, 5.74) is 2.40. The van der Waals surface area contributed by atoms with Crippen LogP contribution in [0.15, 0.2) is 48.5 Å². The summed E-state index contributed by atoms with van der Waals surface area (Å²) in [6.45, 7) is 4.92. The summed E-state index contributed by atoms with van der Waals surface area (Å²) in [7, 11) is 1.57. The molecule has 0 saturated carbocycles. The lowest BCUT2D eigenvalue weighted by Crippen LogP contribution is -2.31. The van der Waals surface area contributed by atoms with E-state index in [1.165, 1.54) is 0 Å². The van der Waals surface area contributed by atoms with E-state index in [0.717, 1.165) is 12.1 Å². The van der Waals surface area contributed by atoms with Crippen LogP contribution in [-0.2, 0) is 9.53 Å². The minimum absolute atomic E-state index is 0.0651. The number of rotatable bonds is 11. The number of nitrogens with one attached hydrogen (secondary N) is 4. The maximum absolute atomic E-state index is 12.2. The van der Waals surface area contributed by atoms with Crippen LogP contribution in [0, 0.1) is 0 Å². The van der Waals surface area contributed by atoms with Gasteiger partial charge in [0.15, 0.2) is 0 Å². The van der Waals surface area contributed by atoms with Gasteiger partial charge in [-0.15, -0.1) is 0 Å². The van der Waals surface area contributed by atoms with Crippen molar-refractivity contribution in [2.45, 2.75) is 26.3 Å². The van der Waals surface area contributed by atoms with Crippen LogP contribution < -0.4 is 21.3 Å². The van der Waals surface area contributed by atoms with Gasteiger partial charge in [0, 0.05) is 42.2 Å². The molecule has 0 aliphatic heterocycles. The molecule has 0 aliphatic carbocycles. The van der Waals surface area contributed by atoms with Gasteiger partial charge >= 0.3 is 0 Å². The van der Waals surface area contributed by atoms with Crippen LogP contribution in [0.25, 0.3) is 0 Å².